The van der Waals surface area contributed by atoms with Crippen molar-refractivity contribution in [2.24, 2.45) is 0 Å². The molecule has 2 aromatic rings. The van der Waals surface area contributed by atoms with Gasteiger partial charge in [-0.2, -0.15) is 0 Å². The van der Waals surface area contributed by atoms with E-state index >= 15 is 0 Å². The lowest BCUT2D eigenvalue weighted by Gasteiger charge is -2.41. The Morgan fingerprint density at radius 3 is 2.88 bits per heavy atom. The van der Waals surface area contributed by atoms with Crippen LogP contribution in [0.3, 0.4) is 0 Å². The fourth-order valence-electron chi connectivity index (χ4n) is 4.16. The topological polar surface area (TPSA) is 59.3 Å². The molecule has 0 bridgehead atoms. The molecule has 3 heterocycles. The summed E-state index contributed by atoms with van der Waals surface area (Å²) in [4.78, 5) is 5.01. The quantitative estimate of drug-likeness (QED) is 0.775. The number of ether oxygens (including phenoxy) is 1. The van der Waals surface area contributed by atoms with Crippen molar-refractivity contribution in [3.63, 3.8) is 0 Å². The summed E-state index contributed by atoms with van der Waals surface area (Å²) >= 11 is 0. The number of halogens is 1. The largest absolute Gasteiger partial charge is 0.383 e. The van der Waals surface area contributed by atoms with E-state index in [2.05, 4.69) is 25.3 Å². The van der Waals surface area contributed by atoms with Gasteiger partial charge in [0.15, 0.2) is 5.82 Å². The highest BCUT2D eigenvalue weighted by molar-refractivity contribution is 5.25. The number of piperazine rings is 1. The molecule has 0 unspecified atom stereocenters. The molecule has 2 atom stereocenters. The van der Waals surface area contributed by atoms with E-state index in [1.165, 1.54) is 31.5 Å². The second kappa shape index (κ2) is 7.77. The van der Waals surface area contributed by atoms with Gasteiger partial charge in [0.2, 0.25) is 0 Å². The van der Waals surface area contributed by atoms with Gasteiger partial charge in [-0.1, -0.05) is 12.1 Å². The number of fused-ring (bicyclic) bond motifs is 1. The van der Waals surface area contributed by atoms with Gasteiger partial charge >= 0.3 is 0 Å². The van der Waals surface area contributed by atoms with Crippen molar-refractivity contribution in [2.45, 2.75) is 31.5 Å². The Morgan fingerprint density at radius 2 is 2.08 bits per heavy atom. The number of methoxy groups -OCH3 is 1. The molecular weight excluding hydrogens is 335 g/mol. The predicted octanol–water partition coefficient (Wildman–Crippen LogP) is 1.33. The third-order valence-corrected chi connectivity index (χ3v) is 5.48. The van der Waals surface area contributed by atoms with E-state index in [4.69, 9.17) is 4.74 Å². The van der Waals surface area contributed by atoms with E-state index in [0.29, 0.717) is 19.2 Å². The lowest BCUT2D eigenvalue weighted by atomic mass is 10.0. The van der Waals surface area contributed by atoms with Crippen LogP contribution in [0, 0.1) is 5.82 Å². The first kappa shape index (κ1) is 17.5. The highest BCUT2D eigenvalue weighted by atomic mass is 19.1. The Bertz CT molecular complexity index is 721. The van der Waals surface area contributed by atoms with Gasteiger partial charge in [0.1, 0.15) is 5.82 Å². The third kappa shape index (κ3) is 3.49. The molecule has 7 nitrogen and oxygen atoms in total. The number of tetrazole rings is 1. The Labute approximate surface area is 152 Å². The van der Waals surface area contributed by atoms with Crippen molar-refractivity contribution < 1.29 is 9.13 Å². The minimum Gasteiger partial charge on any atom is -0.383 e. The maximum absolute atomic E-state index is 13.5. The van der Waals surface area contributed by atoms with E-state index in [9.17, 15) is 4.39 Å². The summed E-state index contributed by atoms with van der Waals surface area (Å²) in [7, 11) is 1.67. The summed E-state index contributed by atoms with van der Waals surface area (Å²) in [6.07, 6.45) is 2.51. The van der Waals surface area contributed by atoms with Crippen molar-refractivity contribution in [3.05, 3.63) is 41.5 Å². The molecule has 140 valence electrons. The van der Waals surface area contributed by atoms with Crippen molar-refractivity contribution in [1.82, 2.24) is 30.0 Å². The van der Waals surface area contributed by atoms with Crippen LogP contribution in [0.5, 0.6) is 0 Å². The molecule has 8 heteroatoms. The van der Waals surface area contributed by atoms with Crippen molar-refractivity contribution in [2.75, 3.05) is 39.9 Å². The number of hydrogen-bond acceptors (Lipinski definition) is 6. The first-order valence-electron chi connectivity index (χ1n) is 9.25. The van der Waals surface area contributed by atoms with E-state index in [0.717, 1.165) is 31.0 Å². The second-order valence-corrected chi connectivity index (χ2v) is 7.03. The minimum absolute atomic E-state index is 0.0785. The molecule has 2 aliphatic rings. The first-order chi connectivity index (χ1) is 12.8. The molecule has 0 amide bonds. The van der Waals surface area contributed by atoms with E-state index < -0.39 is 0 Å². The predicted molar refractivity (Wildman–Crippen MR) is 94.1 cm³/mol. The smallest absolute Gasteiger partial charge is 0.173 e. The SMILES string of the molecule is COCCn1nnnc1[C@H](c1ccc(F)cc1)N1CCN2CCC[C@@H]2C1. The average Bonchev–Trinajstić information content (AvgIpc) is 3.31. The van der Waals surface area contributed by atoms with Crippen LogP contribution in [0.4, 0.5) is 4.39 Å². The zero-order valence-corrected chi connectivity index (χ0v) is 15.1. The Morgan fingerprint density at radius 1 is 1.23 bits per heavy atom. The van der Waals surface area contributed by atoms with Gasteiger partial charge in [-0.25, -0.2) is 9.07 Å². The highest BCUT2D eigenvalue weighted by Crippen LogP contribution is 2.31. The number of hydrogen-bond donors (Lipinski definition) is 0. The Hall–Kier alpha value is -1.90. The number of rotatable bonds is 6. The van der Waals surface area contributed by atoms with Gasteiger partial charge in [-0.05, 0) is 47.5 Å². The molecule has 2 saturated heterocycles. The van der Waals surface area contributed by atoms with E-state index in [1.807, 2.05) is 12.1 Å². The molecule has 2 aliphatic heterocycles. The van der Waals surface area contributed by atoms with Crippen LogP contribution in [-0.4, -0.2) is 75.9 Å². The molecule has 0 aliphatic carbocycles. The van der Waals surface area contributed by atoms with Gasteiger partial charge in [-0.3, -0.25) is 9.80 Å². The van der Waals surface area contributed by atoms with Crippen molar-refractivity contribution >= 4 is 0 Å². The number of aromatic nitrogens is 4. The molecule has 0 saturated carbocycles. The van der Waals surface area contributed by atoms with Crippen LogP contribution < -0.4 is 0 Å². The summed E-state index contributed by atoms with van der Waals surface area (Å²) in [6.45, 7) is 5.34. The number of benzene rings is 1. The van der Waals surface area contributed by atoms with Crippen molar-refractivity contribution in [1.29, 1.82) is 0 Å². The molecule has 1 aromatic heterocycles. The van der Waals surface area contributed by atoms with Crippen LogP contribution in [0.2, 0.25) is 0 Å². The van der Waals surface area contributed by atoms with Crippen LogP contribution in [0.15, 0.2) is 24.3 Å². The zero-order chi connectivity index (χ0) is 17.9. The summed E-state index contributed by atoms with van der Waals surface area (Å²) in [5, 5.41) is 12.4. The van der Waals surface area contributed by atoms with Gasteiger partial charge in [0.25, 0.3) is 0 Å². The lowest BCUT2D eigenvalue weighted by molar-refractivity contribution is 0.0784. The fraction of sp³-hybridized carbons (Fsp3) is 0.611. The minimum atomic E-state index is -0.230. The average molecular weight is 360 g/mol. The van der Waals surface area contributed by atoms with Crippen LogP contribution in [-0.2, 0) is 11.3 Å². The highest BCUT2D eigenvalue weighted by Gasteiger charge is 2.36. The van der Waals surface area contributed by atoms with Gasteiger partial charge in [0, 0.05) is 32.8 Å². The van der Waals surface area contributed by atoms with Gasteiger partial charge in [0.05, 0.1) is 19.2 Å². The molecular formula is C18H25FN6O. The Kier molecular flexibility index (Phi) is 5.23. The van der Waals surface area contributed by atoms with Crippen LogP contribution in [0.25, 0.3) is 0 Å². The van der Waals surface area contributed by atoms with E-state index in [1.54, 1.807) is 11.8 Å². The monoisotopic (exact) mass is 360 g/mol. The lowest BCUT2D eigenvalue weighted by Crippen LogP contribution is -2.51. The molecule has 0 N–H and O–H groups in total. The maximum atomic E-state index is 13.5. The van der Waals surface area contributed by atoms with Gasteiger partial charge in [-0.15, -0.1) is 5.10 Å². The first-order valence-corrected chi connectivity index (χ1v) is 9.25. The summed E-state index contributed by atoms with van der Waals surface area (Å²) in [6, 6.07) is 7.22. The third-order valence-electron chi connectivity index (χ3n) is 5.48. The fourth-order valence-corrected chi connectivity index (χ4v) is 4.16. The second-order valence-electron chi connectivity index (χ2n) is 7.03. The summed E-state index contributed by atoms with van der Waals surface area (Å²) < 4.78 is 20.5. The molecule has 0 radical (unpaired) electrons. The number of nitrogens with zero attached hydrogens (tertiary/aromatic N) is 6. The van der Waals surface area contributed by atoms with Crippen molar-refractivity contribution in [3.8, 4) is 0 Å². The molecule has 2 fully saturated rings. The molecule has 26 heavy (non-hydrogen) atoms. The van der Waals surface area contributed by atoms with E-state index in [-0.39, 0.29) is 11.9 Å². The molecule has 1 aromatic carbocycles. The van der Waals surface area contributed by atoms with Crippen LogP contribution in [0.1, 0.15) is 30.3 Å². The van der Waals surface area contributed by atoms with Gasteiger partial charge < -0.3 is 4.74 Å². The maximum Gasteiger partial charge on any atom is 0.173 e. The summed E-state index contributed by atoms with van der Waals surface area (Å²) in [5.41, 5.74) is 1.02. The Balaban J connectivity index is 1.66. The normalized spacial score (nSPS) is 22.5. The summed E-state index contributed by atoms with van der Waals surface area (Å²) in [5.74, 6) is 0.562. The standard InChI is InChI=1S/C18H25FN6O/c1-26-12-11-25-18(20-21-22-25)17(14-4-6-15(19)7-5-14)24-10-9-23-8-2-3-16(23)13-24/h4-7,16-17H,2-3,8-13H2,1H3/t16-,17+/m1/s1. The molecule has 4 rings (SSSR count). The zero-order valence-electron chi connectivity index (χ0n) is 15.1. The van der Waals surface area contributed by atoms with Crippen LogP contribution >= 0.6 is 0 Å². The molecule has 0 spiro atoms.